The first-order valence-electron chi connectivity index (χ1n) is 5.98. The van der Waals surface area contributed by atoms with Crippen LogP contribution in [0.3, 0.4) is 0 Å². The smallest absolute Gasteiger partial charge is 0.197 e. The molecule has 0 saturated carbocycles. The first-order valence-corrected chi connectivity index (χ1v) is 5.98. The Hall–Kier alpha value is -1.35. The van der Waals surface area contributed by atoms with Crippen molar-refractivity contribution in [1.29, 1.82) is 0 Å². The van der Waals surface area contributed by atoms with Crippen molar-refractivity contribution in [3.63, 3.8) is 0 Å². The maximum atomic E-state index is 6.14. The van der Waals surface area contributed by atoms with E-state index in [0.29, 0.717) is 6.42 Å². The van der Waals surface area contributed by atoms with Crippen LogP contribution in [-0.2, 0) is 6.42 Å². The quantitative estimate of drug-likeness (QED) is 0.865. The second-order valence-corrected chi connectivity index (χ2v) is 5.71. The average molecular weight is 232 g/mol. The molecule has 0 spiro atoms. The van der Waals surface area contributed by atoms with Gasteiger partial charge in [-0.3, -0.25) is 0 Å². The third kappa shape index (κ3) is 2.50. The summed E-state index contributed by atoms with van der Waals surface area (Å²) < 4.78 is 5.77. The number of nitrogens with zero attached hydrogens (tertiary/aromatic N) is 1. The predicted molar refractivity (Wildman–Crippen MR) is 69.9 cm³/mol. The first-order chi connectivity index (χ1) is 7.88. The molecule has 1 atom stereocenters. The van der Waals surface area contributed by atoms with Crippen molar-refractivity contribution in [2.75, 3.05) is 0 Å². The first kappa shape index (κ1) is 12.1. The van der Waals surface area contributed by atoms with Gasteiger partial charge in [0.2, 0.25) is 0 Å². The molecular formula is C14H20N2O. The molecule has 0 aliphatic carbocycles. The number of rotatable bonds is 2. The maximum Gasteiger partial charge on any atom is 0.197 e. The van der Waals surface area contributed by atoms with Crippen molar-refractivity contribution in [2.24, 2.45) is 11.1 Å². The van der Waals surface area contributed by atoms with Crippen molar-refractivity contribution in [2.45, 2.75) is 40.2 Å². The van der Waals surface area contributed by atoms with E-state index in [0.717, 1.165) is 22.6 Å². The Morgan fingerprint density at radius 1 is 1.35 bits per heavy atom. The number of aromatic nitrogens is 1. The molecule has 0 radical (unpaired) electrons. The van der Waals surface area contributed by atoms with Crippen molar-refractivity contribution in [3.8, 4) is 0 Å². The lowest BCUT2D eigenvalue weighted by molar-refractivity contribution is 0.302. The SMILES string of the molecule is Cc1cccc2nc(CC(N)C(C)(C)C)oc12. The average Bonchev–Trinajstić information content (AvgIpc) is 2.60. The minimum atomic E-state index is 0.0517. The number of hydrogen-bond acceptors (Lipinski definition) is 3. The fourth-order valence-electron chi connectivity index (χ4n) is 1.71. The molecule has 1 heterocycles. The van der Waals surface area contributed by atoms with Gasteiger partial charge >= 0.3 is 0 Å². The monoisotopic (exact) mass is 232 g/mol. The molecule has 1 aromatic heterocycles. The standard InChI is InChI=1S/C14H20N2O/c1-9-6-5-7-10-13(9)17-12(16-10)8-11(15)14(2,3)4/h5-7,11H,8,15H2,1-4H3. The fraction of sp³-hybridized carbons (Fsp3) is 0.500. The number of para-hydroxylation sites is 1. The molecule has 3 heteroatoms. The summed E-state index contributed by atoms with van der Waals surface area (Å²) >= 11 is 0. The summed E-state index contributed by atoms with van der Waals surface area (Å²) in [6.45, 7) is 8.42. The Kier molecular flexibility index (Phi) is 2.96. The largest absolute Gasteiger partial charge is 0.440 e. The molecular weight excluding hydrogens is 212 g/mol. The van der Waals surface area contributed by atoms with Crippen LogP contribution in [-0.4, -0.2) is 11.0 Å². The summed E-state index contributed by atoms with van der Waals surface area (Å²) in [6, 6.07) is 6.04. The van der Waals surface area contributed by atoms with Crippen molar-refractivity contribution >= 4 is 11.1 Å². The van der Waals surface area contributed by atoms with E-state index in [1.165, 1.54) is 0 Å². The van der Waals surface area contributed by atoms with Gasteiger partial charge in [-0.2, -0.15) is 0 Å². The van der Waals surface area contributed by atoms with Crippen molar-refractivity contribution in [1.82, 2.24) is 4.98 Å². The van der Waals surface area contributed by atoms with E-state index in [2.05, 4.69) is 25.8 Å². The van der Waals surface area contributed by atoms with Crippen LogP contribution >= 0.6 is 0 Å². The molecule has 0 amide bonds. The molecule has 17 heavy (non-hydrogen) atoms. The van der Waals surface area contributed by atoms with Gasteiger partial charge in [-0.15, -0.1) is 0 Å². The third-order valence-corrected chi connectivity index (χ3v) is 3.16. The topological polar surface area (TPSA) is 52.0 Å². The molecule has 2 aromatic rings. The van der Waals surface area contributed by atoms with Gasteiger partial charge in [0, 0.05) is 12.5 Å². The van der Waals surface area contributed by atoms with E-state index < -0.39 is 0 Å². The van der Waals surface area contributed by atoms with E-state index in [-0.39, 0.29) is 11.5 Å². The van der Waals surface area contributed by atoms with Gasteiger partial charge in [0.05, 0.1) is 0 Å². The third-order valence-electron chi connectivity index (χ3n) is 3.16. The van der Waals surface area contributed by atoms with Gasteiger partial charge in [0.1, 0.15) is 5.52 Å². The van der Waals surface area contributed by atoms with E-state index in [4.69, 9.17) is 10.2 Å². The highest BCUT2D eigenvalue weighted by molar-refractivity contribution is 5.75. The molecule has 1 aromatic carbocycles. The molecule has 3 nitrogen and oxygen atoms in total. The van der Waals surface area contributed by atoms with Gasteiger partial charge < -0.3 is 10.2 Å². The van der Waals surface area contributed by atoms with Crippen LogP contribution in [0.25, 0.3) is 11.1 Å². The summed E-state index contributed by atoms with van der Waals surface area (Å²) in [5.74, 6) is 0.733. The molecule has 0 fully saturated rings. The second-order valence-electron chi connectivity index (χ2n) is 5.71. The van der Waals surface area contributed by atoms with Crippen LogP contribution in [0.2, 0.25) is 0 Å². The van der Waals surface area contributed by atoms with Crippen LogP contribution in [0.15, 0.2) is 22.6 Å². The highest BCUT2D eigenvalue weighted by atomic mass is 16.3. The zero-order valence-electron chi connectivity index (χ0n) is 10.9. The number of nitrogens with two attached hydrogens (primary N) is 1. The van der Waals surface area contributed by atoms with Gasteiger partial charge in [-0.05, 0) is 24.0 Å². The summed E-state index contributed by atoms with van der Waals surface area (Å²) in [5, 5.41) is 0. The normalized spacial score (nSPS) is 14.2. The fourth-order valence-corrected chi connectivity index (χ4v) is 1.71. The number of oxazole rings is 1. The Labute approximate surface area is 102 Å². The van der Waals surface area contributed by atoms with Crippen LogP contribution in [0.1, 0.15) is 32.2 Å². The van der Waals surface area contributed by atoms with Gasteiger partial charge in [0.15, 0.2) is 11.5 Å². The Morgan fingerprint density at radius 3 is 2.65 bits per heavy atom. The van der Waals surface area contributed by atoms with Gasteiger partial charge in [0.25, 0.3) is 0 Å². The number of fused-ring (bicyclic) bond motifs is 1. The van der Waals surface area contributed by atoms with Crippen molar-refractivity contribution < 1.29 is 4.42 Å². The Morgan fingerprint density at radius 2 is 2.06 bits per heavy atom. The number of hydrogen-bond donors (Lipinski definition) is 1. The molecule has 0 saturated heterocycles. The molecule has 0 aliphatic rings. The van der Waals surface area contributed by atoms with Gasteiger partial charge in [-0.25, -0.2) is 4.98 Å². The lowest BCUT2D eigenvalue weighted by Gasteiger charge is -2.25. The van der Waals surface area contributed by atoms with E-state index in [1.54, 1.807) is 0 Å². The molecule has 1 unspecified atom stereocenters. The Balaban J connectivity index is 2.29. The maximum absolute atomic E-state index is 6.14. The van der Waals surface area contributed by atoms with Crippen molar-refractivity contribution in [3.05, 3.63) is 29.7 Å². The van der Waals surface area contributed by atoms with E-state index in [1.807, 2.05) is 25.1 Å². The molecule has 0 aliphatic heterocycles. The zero-order chi connectivity index (χ0) is 12.6. The van der Waals surface area contributed by atoms with Crippen LogP contribution in [0, 0.1) is 12.3 Å². The summed E-state index contributed by atoms with van der Waals surface area (Å²) in [7, 11) is 0. The molecule has 0 bridgehead atoms. The Bertz CT molecular complexity index is 522. The predicted octanol–water partition coefficient (Wildman–Crippen LogP) is 3.05. The van der Waals surface area contributed by atoms with E-state index >= 15 is 0 Å². The minimum Gasteiger partial charge on any atom is -0.440 e. The highest BCUT2D eigenvalue weighted by Crippen LogP contribution is 2.24. The van der Waals surface area contributed by atoms with Crippen LogP contribution < -0.4 is 5.73 Å². The summed E-state index contributed by atoms with van der Waals surface area (Å²) in [5.41, 5.74) is 9.12. The van der Waals surface area contributed by atoms with Crippen LogP contribution in [0.5, 0.6) is 0 Å². The zero-order valence-corrected chi connectivity index (χ0v) is 10.9. The highest BCUT2D eigenvalue weighted by Gasteiger charge is 2.23. The summed E-state index contributed by atoms with van der Waals surface area (Å²) in [6.07, 6.45) is 0.678. The van der Waals surface area contributed by atoms with Gasteiger partial charge in [-0.1, -0.05) is 32.9 Å². The van der Waals surface area contributed by atoms with E-state index in [9.17, 15) is 0 Å². The lowest BCUT2D eigenvalue weighted by atomic mass is 9.85. The molecule has 2 rings (SSSR count). The molecule has 2 N–H and O–H groups in total. The number of benzene rings is 1. The second kappa shape index (κ2) is 4.15. The number of aryl methyl sites for hydroxylation is 1. The summed E-state index contributed by atoms with van der Waals surface area (Å²) in [4.78, 5) is 4.48. The minimum absolute atomic E-state index is 0.0517. The van der Waals surface area contributed by atoms with Crippen LogP contribution in [0.4, 0.5) is 0 Å². The molecule has 92 valence electrons. The lowest BCUT2D eigenvalue weighted by Crippen LogP contribution is -2.36.